The van der Waals surface area contributed by atoms with Gasteiger partial charge in [-0.1, -0.05) is 0 Å². The predicted octanol–water partition coefficient (Wildman–Crippen LogP) is 6.52. The summed E-state index contributed by atoms with van der Waals surface area (Å²) in [7, 11) is 0. The van der Waals surface area contributed by atoms with Crippen LogP contribution in [0.4, 0.5) is 0 Å². The normalized spacial score (nSPS) is 26.1. The summed E-state index contributed by atoms with van der Waals surface area (Å²) in [5, 5.41) is 6.73. The van der Waals surface area contributed by atoms with E-state index in [-0.39, 0.29) is 51.4 Å². The first-order chi connectivity index (χ1) is 31.7. The fourth-order valence-corrected chi connectivity index (χ4v) is 9.69. The Labute approximate surface area is 395 Å². The molecule has 0 aromatic carbocycles. The topological polar surface area (TPSA) is 234 Å². The molecule has 0 spiro atoms. The highest BCUT2D eigenvalue weighted by atomic mass is 16.6. The van der Waals surface area contributed by atoms with Crippen molar-refractivity contribution in [2.45, 2.75) is 206 Å². The van der Waals surface area contributed by atoms with Crippen LogP contribution in [0.25, 0.3) is 0 Å². The Kier molecular flexibility index (Phi) is 30.7. The molecular weight excluding hydrogens is 849 g/mol. The van der Waals surface area contributed by atoms with Gasteiger partial charge in [-0.15, -0.1) is 0 Å². The first kappa shape index (κ1) is 58.5. The number of carbonyl (C=O) groups excluding carboxylic acids is 6. The van der Waals surface area contributed by atoms with Gasteiger partial charge in [0.1, 0.15) is 12.1 Å². The zero-order chi connectivity index (χ0) is 48.7. The molecule has 2 atom stereocenters. The maximum atomic E-state index is 12.4. The van der Waals surface area contributed by atoms with Crippen molar-refractivity contribution in [1.29, 1.82) is 0 Å². The van der Waals surface area contributed by atoms with Crippen molar-refractivity contribution in [1.82, 2.24) is 10.6 Å². The molecule has 4 aliphatic carbocycles. The maximum absolute atomic E-state index is 12.4. The highest BCUT2D eigenvalue weighted by Crippen LogP contribution is 2.37. The average molecular weight is 937 g/mol. The molecule has 4 saturated carbocycles. The molecular formula is C50H88N4O12. The number of nitrogens with two attached hydrogens (primary N) is 2. The van der Waals surface area contributed by atoms with Crippen molar-refractivity contribution in [2.24, 2.45) is 35.1 Å². The second-order valence-corrected chi connectivity index (χ2v) is 18.3. The lowest BCUT2D eigenvalue weighted by atomic mass is 9.75. The van der Waals surface area contributed by atoms with Crippen LogP contribution in [-0.4, -0.2) is 112 Å². The molecule has 66 heavy (non-hydrogen) atoms. The van der Waals surface area contributed by atoms with Crippen LogP contribution in [0.2, 0.25) is 0 Å². The smallest absolute Gasteiger partial charge is 0.330 e. The first-order valence-electron chi connectivity index (χ1n) is 25.4. The molecule has 4 fully saturated rings. The number of hydrogen-bond acceptors (Lipinski definition) is 16. The Morgan fingerprint density at radius 2 is 0.697 bits per heavy atom. The Bertz CT molecular complexity index is 1310. The van der Waals surface area contributed by atoms with Gasteiger partial charge < -0.3 is 50.5 Å². The fraction of sp³-hybridized carbons (Fsp3) is 0.840. The van der Waals surface area contributed by atoms with E-state index in [0.717, 1.165) is 75.4 Å². The van der Waals surface area contributed by atoms with Crippen molar-refractivity contribution in [3.63, 3.8) is 0 Å². The van der Waals surface area contributed by atoms with Crippen LogP contribution in [0.15, 0.2) is 12.2 Å². The highest BCUT2D eigenvalue weighted by Gasteiger charge is 2.33. The second-order valence-electron chi connectivity index (χ2n) is 18.3. The SMILES string of the molecule is CCOC(=O)/C=C\C(=O)OCC.CCOC(=O)CC(NC1CCC(CC2CCC(NC(CC(=O)OCC)C(=O)OCC)CC2)CC1)C(=O)OCC.NC1CCC(CC2CCC(N)CC2)CC1. The van der Waals surface area contributed by atoms with Gasteiger partial charge in [0.2, 0.25) is 0 Å². The zero-order valence-electron chi connectivity index (χ0n) is 41.4. The molecule has 0 bridgehead atoms. The van der Waals surface area contributed by atoms with E-state index in [1.165, 1.54) is 64.2 Å². The van der Waals surface area contributed by atoms with Crippen LogP contribution in [0.5, 0.6) is 0 Å². The minimum atomic E-state index is -0.671. The van der Waals surface area contributed by atoms with Crippen molar-refractivity contribution >= 4 is 35.8 Å². The Hall–Kier alpha value is -3.60. The summed E-state index contributed by atoms with van der Waals surface area (Å²) in [6, 6.07) is 0.0293. The fourth-order valence-electron chi connectivity index (χ4n) is 9.69. The summed E-state index contributed by atoms with van der Waals surface area (Å²) >= 11 is 0. The largest absolute Gasteiger partial charge is 0.466 e. The zero-order valence-corrected chi connectivity index (χ0v) is 41.4. The van der Waals surface area contributed by atoms with E-state index in [1.54, 1.807) is 41.5 Å². The van der Waals surface area contributed by atoms with Gasteiger partial charge in [0, 0.05) is 36.3 Å². The lowest BCUT2D eigenvalue weighted by molar-refractivity contribution is -0.152. The lowest BCUT2D eigenvalue weighted by Crippen LogP contribution is -2.47. The summed E-state index contributed by atoms with van der Waals surface area (Å²) in [6.07, 6.45) is 23.5. The second kappa shape index (κ2) is 34.7. The van der Waals surface area contributed by atoms with Crippen molar-refractivity contribution in [3.05, 3.63) is 12.2 Å². The van der Waals surface area contributed by atoms with Gasteiger partial charge in [-0.25, -0.2) is 9.59 Å². The van der Waals surface area contributed by atoms with Gasteiger partial charge in [0.05, 0.1) is 52.5 Å². The van der Waals surface area contributed by atoms with E-state index in [2.05, 4.69) is 20.1 Å². The minimum Gasteiger partial charge on any atom is -0.466 e. The standard InChI is InChI=1S/C29H50N2O8.C13H26N2.C8H12O4/c1-5-36-26(32)18-24(28(34)38-7-3)30-22-13-9-20(10-14-22)17-21-11-15-23(16-12-21)31-25(29(35)39-8-4)19-27(33)37-6-2;14-12-5-1-10(2-6-12)9-11-3-7-13(15)8-4-11;1-3-11-7(9)5-6-8(10)12-4-2/h20-25,30-31H,5-19H2,1-4H3;10-13H,1-9,14-15H2;5-6H,3-4H2,1-2H3/b;;6-5-. The number of rotatable bonds is 22. The van der Waals surface area contributed by atoms with Crippen molar-refractivity contribution in [3.8, 4) is 0 Å². The molecule has 0 saturated heterocycles. The molecule has 0 radical (unpaired) electrons. The molecule has 0 amide bonds. The maximum Gasteiger partial charge on any atom is 0.330 e. The van der Waals surface area contributed by atoms with Gasteiger partial charge in [-0.2, -0.15) is 0 Å². The Morgan fingerprint density at radius 3 is 0.970 bits per heavy atom. The van der Waals surface area contributed by atoms with Gasteiger partial charge in [-0.05, 0) is 181 Å². The predicted molar refractivity (Wildman–Crippen MR) is 253 cm³/mol. The van der Waals surface area contributed by atoms with E-state index < -0.39 is 47.9 Å². The molecule has 0 aliphatic heterocycles. The van der Waals surface area contributed by atoms with Gasteiger partial charge in [0.25, 0.3) is 0 Å². The van der Waals surface area contributed by atoms with E-state index in [9.17, 15) is 28.8 Å². The molecule has 0 heterocycles. The van der Waals surface area contributed by atoms with Crippen LogP contribution in [-0.2, 0) is 57.2 Å². The van der Waals surface area contributed by atoms with Crippen LogP contribution < -0.4 is 22.1 Å². The monoisotopic (exact) mass is 937 g/mol. The molecule has 0 aromatic heterocycles. The summed E-state index contributed by atoms with van der Waals surface area (Å²) < 4.78 is 29.5. The molecule has 16 nitrogen and oxygen atoms in total. The third-order valence-corrected chi connectivity index (χ3v) is 13.1. The van der Waals surface area contributed by atoms with E-state index >= 15 is 0 Å². The number of esters is 6. The average Bonchev–Trinajstić information content (AvgIpc) is 3.29. The molecule has 4 rings (SSSR count). The van der Waals surface area contributed by atoms with Gasteiger partial charge in [-0.3, -0.25) is 19.2 Å². The highest BCUT2D eigenvalue weighted by molar-refractivity contribution is 5.91. The third kappa shape index (κ3) is 25.5. The summed E-state index contributed by atoms with van der Waals surface area (Å²) in [4.78, 5) is 70.0. The van der Waals surface area contributed by atoms with Crippen LogP contribution in [0.3, 0.4) is 0 Å². The van der Waals surface area contributed by atoms with Gasteiger partial charge in [0.15, 0.2) is 0 Å². The van der Waals surface area contributed by atoms with E-state index in [4.69, 9.17) is 30.4 Å². The van der Waals surface area contributed by atoms with E-state index in [1.807, 2.05) is 0 Å². The molecule has 6 N–H and O–H groups in total. The number of carbonyl (C=O) groups is 6. The summed E-state index contributed by atoms with van der Waals surface area (Å²) in [5.41, 5.74) is 11.9. The Balaban J connectivity index is 0.000000446. The Morgan fingerprint density at radius 1 is 0.424 bits per heavy atom. The molecule has 2 unspecified atom stereocenters. The minimum absolute atomic E-state index is 0.0132. The van der Waals surface area contributed by atoms with Gasteiger partial charge >= 0.3 is 35.8 Å². The quantitative estimate of drug-likeness (QED) is 0.0514. The number of hydrogen-bond donors (Lipinski definition) is 4. The van der Waals surface area contributed by atoms with Crippen LogP contribution in [0.1, 0.15) is 170 Å². The van der Waals surface area contributed by atoms with Crippen LogP contribution in [0, 0.1) is 23.7 Å². The first-order valence-corrected chi connectivity index (χ1v) is 25.4. The lowest BCUT2D eigenvalue weighted by Gasteiger charge is -2.36. The number of ether oxygens (including phenoxy) is 6. The summed E-state index contributed by atoms with van der Waals surface area (Å²) in [5.74, 6) is 0.604. The molecule has 380 valence electrons. The summed E-state index contributed by atoms with van der Waals surface area (Å²) in [6.45, 7) is 12.1. The van der Waals surface area contributed by atoms with E-state index in [0.29, 0.717) is 37.1 Å². The number of nitrogens with one attached hydrogen (secondary N) is 2. The third-order valence-electron chi connectivity index (χ3n) is 13.1. The molecule has 0 aromatic rings. The molecule has 16 heteroatoms. The molecule has 4 aliphatic rings. The van der Waals surface area contributed by atoms with Crippen molar-refractivity contribution in [2.75, 3.05) is 39.6 Å². The van der Waals surface area contributed by atoms with Crippen LogP contribution >= 0.6 is 0 Å². The van der Waals surface area contributed by atoms with Crippen molar-refractivity contribution < 1.29 is 57.2 Å².